The monoisotopic (exact) mass is 393 g/mol. The van der Waals surface area contributed by atoms with Crippen LogP contribution >= 0.6 is 0 Å². The average Bonchev–Trinajstić information content (AvgIpc) is 3.44. The van der Waals surface area contributed by atoms with Gasteiger partial charge in [0.15, 0.2) is 5.82 Å². The summed E-state index contributed by atoms with van der Waals surface area (Å²) < 4.78 is 1.84. The third-order valence-electron chi connectivity index (χ3n) is 4.65. The molecule has 0 unspecified atom stereocenters. The fraction of sp³-hybridized carbons (Fsp3) is 0.263. The van der Waals surface area contributed by atoms with Gasteiger partial charge in [0.2, 0.25) is 5.91 Å². The highest BCUT2D eigenvalue weighted by Gasteiger charge is 2.28. The topological polar surface area (TPSA) is 128 Å². The molecular formula is C19H19N7O3. The Hall–Kier alpha value is -3.82. The molecule has 2 aromatic carbocycles. The minimum Gasteiger partial charge on any atom is -0.376 e. The van der Waals surface area contributed by atoms with Crippen LogP contribution in [0.1, 0.15) is 24.4 Å². The van der Waals surface area contributed by atoms with Crippen molar-refractivity contribution >= 4 is 23.0 Å². The molecule has 1 heterocycles. The van der Waals surface area contributed by atoms with Crippen molar-refractivity contribution in [2.75, 3.05) is 17.2 Å². The van der Waals surface area contributed by atoms with E-state index in [2.05, 4.69) is 26.2 Å². The number of amides is 1. The first kappa shape index (κ1) is 18.5. The van der Waals surface area contributed by atoms with Gasteiger partial charge in [-0.25, -0.2) is 4.68 Å². The van der Waals surface area contributed by atoms with Gasteiger partial charge in [-0.3, -0.25) is 14.9 Å². The van der Waals surface area contributed by atoms with Crippen molar-refractivity contribution in [2.24, 2.45) is 0 Å². The van der Waals surface area contributed by atoms with Crippen molar-refractivity contribution < 1.29 is 9.72 Å². The minimum absolute atomic E-state index is 0.0102. The van der Waals surface area contributed by atoms with Crippen molar-refractivity contribution in [1.82, 2.24) is 20.2 Å². The molecule has 0 spiro atoms. The highest BCUT2D eigenvalue weighted by molar-refractivity contribution is 5.94. The summed E-state index contributed by atoms with van der Waals surface area (Å²) in [5, 5.41) is 28.6. The number of nitro benzene ring substituents is 1. The molecule has 1 aliphatic carbocycles. The number of nitrogens with zero attached hydrogens (tertiary/aromatic N) is 5. The molecule has 0 aliphatic heterocycles. The highest BCUT2D eigenvalue weighted by Crippen LogP contribution is 2.36. The van der Waals surface area contributed by atoms with Crippen molar-refractivity contribution in [3.8, 4) is 11.4 Å². The summed E-state index contributed by atoms with van der Waals surface area (Å²) in [6.07, 6.45) is 2.16. The molecular weight excluding hydrogens is 374 g/mol. The smallest absolute Gasteiger partial charge is 0.269 e. The van der Waals surface area contributed by atoms with Crippen LogP contribution in [0.5, 0.6) is 0 Å². The Morgan fingerprint density at radius 3 is 2.83 bits per heavy atom. The van der Waals surface area contributed by atoms with Gasteiger partial charge >= 0.3 is 0 Å². The number of nitro groups is 1. The molecule has 0 atom stereocenters. The van der Waals surface area contributed by atoms with Crippen LogP contribution in [0.25, 0.3) is 11.4 Å². The van der Waals surface area contributed by atoms with Crippen molar-refractivity contribution in [1.29, 1.82) is 0 Å². The van der Waals surface area contributed by atoms with E-state index < -0.39 is 4.92 Å². The number of non-ortho nitro benzene ring substituents is 1. The average molecular weight is 393 g/mol. The summed E-state index contributed by atoms with van der Waals surface area (Å²) in [6.45, 7) is 1.76. The normalized spacial score (nSPS) is 13.1. The number of benzene rings is 2. The number of aromatic nitrogens is 4. The number of tetrazole rings is 1. The second-order valence-corrected chi connectivity index (χ2v) is 6.92. The van der Waals surface area contributed by atoms with E-state index in [1.807, 2.05) is 28.9 Å². The Labute approximate surface area is 166 Å². The van der Waals surface area contributed by atoms with E-state index in [1.54, 1.807) is 6.92 Å². The Kier molecular flexibility index (Phi) is 4.90. The van der Waals surface area contributed by atoms with Crippen molar-refractivity contribution in [3.05, 3.63) is 58.1 Å². The first-order valence-electron chi connectivity index (χ1n) is 9.18. The molecule has 0 bridgehead atoms. The summed E-state index contributed by atoms with van der Waals surface area (Å²) in [5.41, 5.74) is 2.80. The number of carbonyl (C=O) groups is 1. The third kappa shape index (κ3) is 4.21. The summed E-state index contributed by atoms with van der Waals surface area (Å²) in [5.74, 6) is 0.456. The fourth-order valence-corrected chi connectivity index (χ4v) is 3.00. The lowest BCUT2D eigenvalue weighted by Crippen LogP contribution is -2.22. The second-order valence-electron chi connectivity index (χ2n) is 6.92. The number of rotatable bonds is 7. The Morgan fingerprint density at radius 1 is 1.28 bits per heavy atom. The fourth-order valence-electron chi connectivity index (χ4n) is 3.00. The highest BCUT2D eigenvalue weighted by atomic mass is 16.6. The molecule has 1 fully saturated rings. The van der Waals surface area contributed by atoms with E-state index in [-0.39, 0.29) is 18.1 Å². The van der Waals surface area contributed by atoms with Gasteiger partial charge in [-0.2, -0.15) is 0 Å². The van der Waals surface area contributed by atoms with Crippen LogP contribution in [0.3, 0.4) is 0 Å². The first-order chi connectivity index (χ1) is 14.0. The van der Waals surface area contributed by atoms with Crippen molar-refractivity contribution in [2.45, 2.75) is 25.8 Å². The molecule has 0 radical (unpaired) electrons. The quantitative estimate of drug-likeness (QED) is 0.466. The molecule has 2 N–H and O–H groups in total. The van der Waals surface area contributed by atoms with E-state index in [0.29, 0.717) is 23.1 Å². The van der Waals surface area contributed by atoms with Gasteiger partial charge in [0.05, 0.1) is 17.5 Å². The standard InChI is InChI=1S/C19H19N7O3/c1-12-9-16(26(28)29)7-8-17(12)21-18(27)11-20-14-4-2-3-13(10-14)19-22-23-24-25(19)15-5-6-15/h2-4,7-10,15,20H,5-6,11H2,1H3,(H,21,27). The lowest BCUT2D eigenvalue weighted by molar-refractivity contribution is -0.384. The number of aryl methyl sites for hydroxylation is 1. The molecule has 1 amide bonds. The van der Waals surface area contributed by atoms with Gasteiger partial charge in [-0.05, 0) is 54.0 Å². The van der Waals surface area contributed by atoms with E-state index in [9.17, 15) is 14.9 Å². The Balaban J connectivity index is 1.40. The van der Waals surface area contributed by atoms with Crippen LogP contribution in [0, 0.1) is 17.0 Å². The summed E-state index contributed by atoms with van der Waals surface area (Å²) in [6, 6.07) is 12.3. The Morgan fingerprint density at radius 2 is 2.10 bits per heavy atom. The van der Waals surface area contributed by atoms with E-state index in [4.69, 9.17) is 0 Å². The van der Waals surface area contributed by atoms with Crippen molar-refractivity contribution in [3.63, 3.8) is 0 Å². The zero-order valence-corrected chi connectivity index (χ0v) is 15.7. The maximum Gasteiger partial charge on any atom is 0.269 e. The molecule has 1 saturated carbocycles. The zero-order chi connectivity index (χ0) is 20.4. The van der Waals surface area contributed by atoms with Gasteiger partial charge < -0.3 is 10.6 Å². The molecule has 29 heavy (non-hydrogen) atoms. The maximum atomic E-state index is 12.3. The number of hydrogen-bond donors (Lipinski definition) is 2. The van der Waals surface area contributed by atoms with E-state index in [0.717, 1.165) is 24.1 Å². The predicted molar refractivity (Wildman–Crippen MR) is 106 cm³/mol. The molecule has 10 heteroatoms. The third-order valence-corrected chi connectivity index (χ3v) is 4.65. The van der Waals surface area contributed by atoms with Crippen LogP contribution in [-0.2, 0) is 4.79 Å². The first-order valence-corrected chi connectivity index (χ1v) is 9.18. The number of anilines is 2. The molecule has 10 nitrogen and oxygen atoms in total. The largest absolute Gasteiger partial charge is 0.376 e. The van der Waals surface area contributed by atoms with E-state index >= 15 is 0 Å². The van der Waals surface area contributed by atoms with E-state index in [1.165, 1.54) is 18.2 Å². The van der Waals surface area contributed by atoms with Gasteiger partial charge in [-0.15, -0.1) is 5.10 Å². The molecule has 4 rings (SSSR count). The lowest BCUT2D eigenvalue weighted by atomic mass is 10.1. The predicted octanol–water partition coefficient (Wildman–Crippen LogP) is 2.94. The zero-order valence-electron chi connectivity index (χ0n) is 15.7. The van der Waals surface area contributed by atoms with Crippen LogP contribution < -0.4 is 10.6 Å². The van der Waals surface area contributed by atoms with Crippen LogP contribution in [-0.4, -0.2) is 37.6 Å². The van der Waals surface area contributed by atoms with Crippen LogP contribution in [0.4, 0.5) is 17.1 Å². The minimum atomic E-state index is -0.466. The van der Waals surface area contributed by atoms with Crippen LogP contribution in [0.2, 0.25) is 0 Å². The van der Waals surface area contributed by atoms with Gasteiger partial charge in [0.25, 0.3) is 5.69 Å². The summed E-state index contributed by atoms with van der Waals surface area (Å²) in [7, 11) is 0. The van der Waals surface area contributed by atoms with Gasteiger partial charge in [0.1, 0.15) is 0 Å². The van der Waals surface area contributed by atoms with Crippen LogP contribution in [0.15, 0.2) is 42.5 Å². The second kappa shape index (κ2) is 7.66. The number of nitrogens with one attached hydrogen (secondary N) is 2. The summed E-state index contributed by atoms with van der Waals surface area (Å²) >= 11 is 0. The molecule has 1 aromatic heterocycles. The molecule has 0 saturated heterocycles. The number of hydrogen-bond acceptors (Lipinski definition) is 7. The van der Waals surface area contributed by atoms with Gasteiger partial charge in [0, 0.05) is 29.1 Å². The maximum absolute atomic E-state index is 12.3. The summed E-state index contributed by atoms with van der Waals surface area (Å²) in [4.78, 5) is 22.6. The SMILES string of the molecule is Cc1cc([N+](=O)[O-])ccc1NC(=O)CNc1cccc(-c2nnnn2C2CC2)c1. The molecule has 1 aliphatic rings. The van der Waals surface area contributed by atoms with Gasteiger partial charge in [-0.1, -0.05) is 12.1 Å². The lowest BCUT2D eigenvalue weighted by Gasteiger charge is -2.11. The molecule has 148 valence electrons. The molecule has 3 aromatic rings. The Bertz CT molecular complexity index is 1080. The number of carbonyl (C=O) groups excluding carboxylic acids is 1.